The molecule has 0 aromatic heterocycles. The van der Waals surface area contributed by atoms with Crippen LogP contribution in [0.5, 0.6) is 0 Å². The number of carbonyl (C=O) groups excluding carboxylic acids is 1. The van der Waals surface area contributed by atoms with Gasteiger partial charge in [-0.1, -0.05) is 24.4 Å². The van der Waals surface area contributed by atoms with E-state index in [-0.39, 0.29) is 0 Å². The Bertz CT molecular complexity index is 477. The van der Waals surface area contributed by atoms with Crippen molar-refractivity contribution in [1.82, 2.24) is 4.90 Å². The zero-order chi connectivity index (χ0) is 13.9. The van der Waals surface area contributed by atoms with Gasteiger partial charge in [0.15, 0.2) is 0 Å². The van der Waals surface area contributed by atoms with Crippen molar-refractivity contribution in [3.8, 4) is 0 Å². The molecule has 1 saturated heterocycles. The smallest absolute Gasteiger partial charge is 0.150 e. The van der Waals surface area contributed by atoms with E-state index in [2.05, 4.69) is 9.80 Å². The highest BCUT2D eigenvalue weighted by molar-refractivity contribution is 6.33. The second kappa shape index (κ2) is 6.15. The highest BCUT2D eigenvalue weighted by Crippen LogP contribution is 2.29. The Kier molecular flexibility index (Phi) is 4.27. The van der Waals surface area contributed by atoms with Gasteiger partial charge in [0.1, 0.15) is 6.29 Å². The Labute approximate surface area is 125 Å². The molecule has 2 aliphatic rings. The topological polar surface area (TPSA) is 23.6 Å². The Morgan fingerprint density at radius 3 is 2.40 bits per heavy atom. The number of carbonyl (C=O) groups is 1. The summed E-state index contributed by atoms with van der Waals surface area (Å²) in [7, 11) is 0. The molecule has 0 bridgehead atoms. The first-order chi connectivity index (χ1) is 9.78. The molecule has 1 aliphatic heterocycles. The molecule has 20 heavy (non-hydrogen) atoms. The van der Waals surface area contributed by atoms with E-state index in [0.29, 0.717) is 10.6 Å². The lowest BCUT2D eigenvalue weighted by Gasteiger charge is -2.39. The van der Waals surface area contributed by atoms with Gasteiger partial charge in [-0.05, 0) is 31.0 Å². The fourth-order valence-electron chi connectivity index (χ4n) is 3.45. The summed E-state index contributed by atoms with van der Waals surface area (Å²) in [6.07, 6.45) is 6.37. The van der Waals surface area contributed by atoms with E-state index in [1.54, 1.807) is 6.07 Å². The average molecular weight is 293 g/mol. The normalized spacial score (nSPS) is 21.4. The molecular formula is C16H21ClN2O. The second-order valence-corrected chi connectivity index (χ2v) is 6.20. The number of rotatable bonds is 3. The molecule has 0 unspecified atom stereocenters. The predicted octanol–water partition coefficient (Wildman–Crippen LogP) is 3.22. The average Bonchev–Trinajstić information content (AvgIpc) is 3.01. The van der Waals surface area contributed by atoms with Crippen molar-refractivity contribution in [2.75, 3.05) is 31.1 Å². The van der Waals surface area contributed by atoms with Crippen LogP contribution in [0.1, 0.15) is 36.0 Å². The first kappa shape index (κ1) is 13.9. The molecule has 1 aromatic carbocycles. The van der Waals surface area contributed by atoms with Crippen LogP contribution in [0, 0.1) is 0 Å². The minimum absolute atomic E-state index is 0.642. The fraction of sp³-hybridized carbons (Fsp3) is 0.562. The minimum atomic E-state index is 0.642. The van der Waals surface area contributed by atoms with Gasteiger partial charge >= 0.3 is 0 Å². The molecular weight excluding hydrogens is 272 g/mol. The van der Waals surface area contributed by atoms with E-state index in [1.165, 1.54) is 25.7 Å². The molecule has 0 spiro atoms. The first-order valence-electron chi connectivity index (χ1n) is 7.51. The number of nitrogens with zero attached hydrogens (tertiary/aromatic N) is 2. The first-order valence-corrected chi connectivity index (χ1v) is 7.89. The van der Waals surface area contributed by atoms with Crippen molar-refractivity contribution in [1.29, 1.82) is 0 Å². The van der Waals surface area contributed by atoms with Crippen LogP contribution < -0.4 is 4.90 Å². The summed E-state index contributed by atoms with van der Waals surface area (Å²) < 4.78 is 0. The molecule has 108 valence electrons. The van der Waals surface area contributed by atoms with E-state index in [9.17, 15) is 4.79 Å². The molecule has 3 nitrogen and oxygen atoms in total. The van der Waals surface area contributed by atoms with Crippen molar-refractivity contribution >= 4 is 23.6 Å². The van der Waals surface area contributed by atoms with Gasteiger partial charge in [-0.2, -0.15) is 0 Å². The number of hydrogen-bond donors (Lipinski definition) is 0. The molecule has 1 heterocycles. The summed E-state index contributed by atoms with van der Waals surface area (Å²) in [5.41, 5.74) is 1.70. The summed E-state index contributed by atoms with van der Waals surface area (Å²) in [5, 5.41) is 0.684. The third-order valence-electron chi connectivity index (χ3n) is 4.60. The number of hydrogen-bond acceptors (Lipinski definition) is 3. The number of halogens is 1. The van der Waals surface area contributed by atoms with Gasteiger partial charge in [0.05, 0.1) is 10.7 Å². The zero-order valence-corrected chi connectivity index (χ0v) is 12.5. The Balaban J connectivity index is 1.64. The summed E-state index contributed by atoms with van der Waals surface area (Å²) in [6.45, 7) is 4.29. The molecule has 0 radical (unpaired) electrons. The van der Waals surface area contributed by atoms with E-state index in [0.717, 1.165) is 44.2 Å². The highest BCUT2D eigenvalue weighted by Gasteiger charge is 2.26. The Morgan fingerprint density at radius 1 is 1.10 bits per heavy atom. The molecule has 2 fully saturated rings. The maximum atomic E-state index is 10.8. The van der Waals surface area contributed by atoms with Crippen LogP contribution in [0.2, 0.25) is 5.02 Å². The number of anilines is 1. The van der Waals surface area contributed by atoms with Crippen molar-refractivity contribution in [3.05, 3.63) is 28.8 Å². The predicted molar refractivity (Wildman–Crippen MR) is 82.9 cm³/mol. The third-order valence-corrected chi connectivity index (χ3v) is 4.91. The van der Waals surface area contributed by atoms with Crippen LogP contribution in [0.4, 0.5) is 5.69 Å². The van der Waals surface area contributed by atoms with Crippen molar-refractivity contribution < 1.29 is 4.79 Å². The minimum Gasteiger partial charge on any atom is -0.368 e. The van der Waals surface area contributed by atoms with Gasteiger partial charge in [0.25, 0.3) is 0 Å². The maximum absolute atomic E-state index is 10.8. The quantitative estimate of drug-likeness (QED) is 0.799. The van der Waals surface area contributed by atoms with Crippen LogP contribution >= 0.6 is 11.6 Å². The maximum Gasteiger partial charge on any atom is 0.150 e. The summed E-state index contributed by atoms with van der Waals surface area (Å²) in [6, 6.07) is 6.38. The monoisotopic (exact) mass is 292 g/mol. The molecule has 1 aromatic rings. The zero-order valence-electron chi connectivity index (χ0n) is 11.7. The number of aldehydes is 1. The van der Waals surface area contributed by atoms with Crippen LogP contribution in [-0.2, 0) is 0 Å². The lowest BCUT2D eigenvalue weighted by Crippen LogP contribution is -2.49. The number of benzene rings is 1. The van der Waals surface area contributed by atoms with Crippen molar-refractivity contribution in [2.45, 2.75) is 31.7 Å². The largest absolute Gasteiger partial charge is 0.368 e. The van der Waals surface area contributed by atoms with E-state index >= 15 is 0 Å². The molecule has 4 heteroatoms. The van der Waals surface area contributed by atoms with Gasteiger partial charge in [-0.3, -0.25) is 9.69 Å². The molecule has 0 atom stereocenters. The number of piperazine rings is 1. The van der Waals surface area contributed by atoms with Gasteiger partial charge in [-0.25, -0.2) is 0 Å². The van der Waals surface area contributed by atoms with Crippen molar-refractivity contribution in [3.63, 3.8) is 0 Å². The van der Waals surface area contributed by atoms with Gasteiger partial charge in [-0.15, -0.1) is 0 Å². The van der Waals surface area contributed by atoms with Gasteiger partial charge in [0, 0.05) is 37.8 Å². The summed E-state index contributed by atoms with van der Waals surface area (Å²) in [5.74, 6) is 0. The Hall–Kier alpha value is -1.06. The Morgan fingerprint density at radius 2 is 1.80 bits per heavy atom. The van der Waals surface area contributed by atoms with Crippen LogP contribution in [-0.4, -0.2) is 43.4 Å². The molecule has 1 aliphatic carbocycles. The van der Waals surface area contributed by atoms with E-state index in [4.69, 9.17) is 11.6 Å². The summed E-state index contributed by atoms with van der Waals surface area (Å²) in [4.78, 5) is 15.7. The molecule has 0 amide bonds. The SMILES string of the molecule is O=Cc1ccc(N2CCN(C3CCCC3)CC2)c(Cl)c1. The van der Waals surface area contributed by atoms with Gasteiger partial charge in [0.2, 0.25) is 0 Å². The van der Waals surface area contributed by atoms with Crippen molar-refractivity contribution in [2.24, 2.45) is 0 Å². The molecule has 3 rings (SSSR count). The van der Waals surface area contributed by atoms with Gasteiger partial charge < -0.3 is 4.90 Å². The van der Waals surface area contributed by atoms with Crippen LogP contribution in [0.25, 0.3) is 0 Å². The third kappa shape index (κ3) is 2.84. The second-order valence-electron chi connectivity index (χ2n) is 5.79. The molecule has 1 saturated carbocycles. The van der Waals surface area contributed by atoms with E-state index in [1.807, 2.05) is 12.1 Å². The van der Waals surface area contributed by atoms with Crippen LogP contribution in [0.15, 0.2) is 18.2 Å². The lowest BCUT2D eigenvalue weighted by molar-refractivity contribution is 0.112. The summed E-state index contributed by atoms with van der Waals surface area (Å²) >= 11 is 6.29. The lowest BCUT2D eigenvalue weighted by atomic mass is 10.1. The van der Waals surface area contributed by atoms with Crippen LogP contribution in [0.3, 0.4) is 0 Å². The fourth-order valence-corrected chi connectivity index (χ4v) is 3.76. The highest BCUT2D eigenvalue weighted by atomic mass is 35.5. The standard InChI is InChI=1S/C16H21ClN2O/c17-15-11-13(12-20)5-6-16(15)19-9-7-18(8-10-19)14-3-1-2-4-14/h5-6,11-12,14H,1-4,7-10H2. The molecule has 0 N–H and O–H groups in total. The van der Waals surface area contributed by atoms with E-state index < -0.39 is 0 Å².